The van der Waals surface area contributed by atoms with Crippen LogP contribution >= 0.6 is 0 Å². The Balaban J connectivity index is 1.32. The highest BCUT2D eigenvalue weighted by molar-refractivity contribution is 6.00. The maximum atomic E-state index is 13.0. The zero-order chi connectivity index (χ0) is 23.0. The van der Waals surface area contributed by atoms with Crippen molar-refractivity contribution in [3.05, 3.63) is 90.0 Å². The summed E-state index contributed by atoms with van der Waals surface area (Å²) in [5.41, 5.74) is 3.20. The number of benzene rings is 3. The zero-order valence-electron chi connectivity index (χ0n) is 18.8. The van der Waals surface area contributed by atoms with E-state index in [9.17, 15) is 9.59 Å². The number of anilines is 2. The van der Waals surface area contributed by atoms with Gasteiger partial charge in [-0.25, -0.2) is 0 Å². The molecule has 170 valence electrons. The van der Waals surface area contributed by atoms with Crippen LogP contribution in [0.1, 0.15) is 28.8 Å². The first-order valence-corrected chi connectivity index (χ1v) is 11.3. The minimum Gasteiger partial charge on any atom is -0.496 e. The number of methoxy groups -OCH3 is 1. The highest BCUT2D eigenvalue weighted by atomic mass is 16.5. The van der Waals surface area contributed by atoms with Crippen LogP contribution in [0.5, 0.6) is 5.75 Å². The number of nitrogens with one attached hydrogen (secondary N) is 2. The first-order valence-electron chi connectivity index (χ1n) is 11.3. The smallest absolute Gasteiger partial charge is 0.253 e. The maximum Gasteiger partial charge on any atom is 0.253 e. The van der Waals surface area contributed by atoms with Crippen molar-refractivity contribution in [3.63, 3.8) is 0 Å². The summed E-state index contributed by atoms with van der Waals surface area (Å²) < 4.78 is 5.36. The summed E-state index contributed by atoms with van der Waals surface area (Å²) >= 11 is 0. The molecule has 0 spiro atoms. The van der Waals surface area contributed by atoms with Gasteiger partial charge in [0.2, 0.25) is 5.91 Å². The number of likely N-dealkylation sites (tertiary alicyclic amines) is 1. The van der Waals surface area contributed by atoms with Crippen molar-refractivity contribution in [1.82, 2.24) is 10.2 Å². The molecule has 0 aliphatic carbocycles. The highest BCUT2D eigenvalue weighted by Gasteiger charge is 2.25. The van der Waals surface area contributed by atoms with Gasteiger partial charge >= 0.3 is 0 Å². The molecule has 3 aromatic rings. The van der Waals surface area contributed by atoms with Crippen molar-refractivity contribution in [2.75, 3.05) is 25.5 Å². The van der Waals surface area contributed by atoms with Crippen molar-refractivity contribution in [2.45, 2.75) is 25.3 Å². The summed E-state index contributed by atoms with van der Waals surface area (Å²) in [6, 6.07) is 24.9. The van der Waals surface area contributed by atoms with Gasteiger partial charge in [-0.05, 0) is 43.2 Å². The highest BCUT2D eigenvalue weighted by Crippen LogP contribution is 2.22. The number of piperidine rings is 1. The number of ether oxygens (including phenoxy) is 1. The fraction of sp³-hybridized carbons (Fsp3) is 0.259. The van der Waals surface area contributed by atoms with Crippen LogP contribution in [0.15, 0.2) is 78.9 Å². The predicted molar refractivity (Wildman–Crippen MR) is 130 cm³/mol. The van der Waals surface area contributed by atoms with Gasteiger partial charge in [0.1, 0.15) is 5.75 Å². The summed E-state index contributed by atoms with van der Waals surface area (Å²) in [5, 5.41) is 6.47. The topological polar surface area (TPSA) is 70.7 Å². The molecule has 6 heteroatoms. The lowest BCUT2D eigenvalue weighted by Gasteiger charge is -2.32. The van der Waals surface area contributed by atoms with Crippen molar-refractivity contribution in [2.24, 2.45) is 0 Å². The van der Waals surface area contributed by atoms with Gasteiger partial charge in [0.25, 0.3) is 5.91 Å². The molecule has 0 unspecified atom stereocenters. The van der Waals surface area contributed by atoms with Crippen LogP contribution in [0.4, 0.5) is 11.4 Å². The minimum absolute atomic E-state index is 0.0394. The van der Waals surface area contributed by atoms with Gasteiger partial charge in [-0.3, -0.25) is 9.59 Å². The molecule has 0 radical (unpaired) electrons. The Bertz CT molecular complexity index is 1090. The van der Waals surface area contributed by atoms with Gasteiger partial charge in [0.05, 0.1) is 24.8 Å². The molecule has 1 saturated heterocycles. The van der Waals surface area contributed by atoms with E-state index >= 15 is 0 Å². The zero-order valence-corrected chi connectivity index (χ0v) is 18.8. The number of nitrogens with zero attached hydrogens (tertiary/aromatic N) is 1. The molecule has 1 aliphatic rings. The van der Waals surface area contributed by atoms with Crippen molar-refractivity contribution >= 4 is 23.2 Å². The number of hydrogen-bond donors (Lipinski definition) is 2. The summed E-state index contributed by atoms with van der Waals surface area (Å²) in [6.45, 7) is 1.26. The van der Waals surface area contributed by atoms with Crippen molar-refractivity contribution < 1.29 is 14.3 Å². The monoisotopic (exact) mass is 443 g/mol. The predicted octanol–water partition coefficient (Wildman–Crippen LogP) is 4.40. The van der Waals surface area contributed by atoms with Crippen molar-refractivity contribution in [3.8, 4) is 5.75 Å². The molecule has 1 heterocycles. The molecular formula is C27H29N3O3. The third-order valence-electron chi connectivity index (χ3n) is 5.94. The molecule has 0 aromatic heterocycles. The van der Waals surface area contributed by atoms with Crippen molar-refractivity contribution in [1.29, 1.82) is 0 Å². The lowest BCUT2D eigenvalue weighted by atomic mass is 10.0. The maximum absolute atomic E-state index is 13.0. The molecule has 0 bridgehead atoms. The van der Waals surface area contributed by atoms with Crippen LogP contribution in [0.2, 0.25) is 0 Å². The van der Waals surface area contributed by atoms with Crippen LogP contribution in [-0.4, -0.2) is 43.0 Å². The Morgan fingerprint density at radius 2 is 1.58 bits per heavy atom. The van der Waals surface area contributed by atoms with Gasteiger partial charge in [-0.2, -0.15) is 0 Å². The van der Waals surface area contributed by atoms with Crippen LogP contribution < -0.4 is 15.4 Å². The Morgan fingerprint density at radius 3 is 2.33 bits per heavy atom. The van der Waals surface area contributed by atoms with E-state index in [2.05, 4.69) is 10.6 Å². The molecule has 2 N–H and O–H groups in total. The summed E-state index contributed by atoms with van der Waals surface area (Å²) in [6.07, 6.45) is 1.79. The molecule has 0 atom stereocenters. The molecule has 1 aliphatic heterocycles. The fourth-order valence-corrected chi connectivity index (χ4v) is 4.13. The number of carbonyl (C=O) groups excluding carboxylic acids is 2. The van der Waals surface area contributed by atoms with E-state index in [1.54, 1.807) is 7.11 Å². The average molecular weight is 444 g/mol. The molecular weight excluding hydrogens is 414 g/mol. The second-order valence-corrected chi connectivity index (χ2v) is 8.15. The molecule has 33 heavy (non-hydrogen) atoms. The number of para-hydroxylation sites is 3. The molecule has 6 nitrogen and oxygen atoms in total. The van der Waals surface area contributed by atoms with Crippen LogP contribution in [-0.2, 0) is 11.2 Å². The van der Waals surface area contributed by atoms with Gasteiger partial charge in [0, 0.05) is 30.4 Å². The minimum atomic E-state index is -0.104. The largest absolute Gasteiger partial charge is 0.496 e. The average Bonchev–Trinajstić information content (AvgIpc) is 2.85. The lowest BCUT2D eigenvalue weighted by Crippen LogP contribution is -2.47. The van der Waals surface area contributed by atoms with Crippen LogP contribution in [0.25, 0.3) is 0 Å². The molecule has 1 fully saturated rings. The second-order valence-electron chi connectivity index (χ2n) is 8.15. The SMILES string of the molecule is COc1ccccc1CC(=O)N1CCC(NC(=O)c2ccccc2Nc2ccccc2)CC1. The molecule has 0 saturated carbocycles. The third kappa shape index (κ3) is 5.71. The normalized spacial score (nSPS) is 13.9. The Labute approximate surface area is 194 Å². The first-order chi connectivity index (χ1) is 16.1. The van der Waals surface area contributed by atoms with Gasteiger partial charge < -0.3 is 20.3 Å². The Morgan fingerprint density at radius 1 is 0.909 bits per heavy atom. The molecule has 2 amide bonds. The quantitative estimate of drug-likeness (QED) is 0.568. The van der Waals surface area contributed by atoms with Gasteiger partial charge in [-0.15, -0.1) is 0 Å². The van der Waals surface area contributed by atoms with E-state index in [4.69, 9.17) is 4.74 Å². The number of amides is 2. The summed E-state index contributed by atoms with van der Waals surface area (Å²) in [5.74, 6) is 0.713. The number of hydrogen-bond acceptors (Lipinski definition) is 4. The Kier molecular flexibility index (Phi) is 7.25. The van der Waals surface area contributed by atoms with E-state index in [1.165, 1.54) is 0 Å². The third-order valence-corrected chi connectivity index (χ3v) is 5.94. The Hall–Kier alpha value is -3.80. The standard InChI is InChI=1S/C27H29N3O3/c1-33-25-14-8-5-9-20(25)19-26(31)30-17-15-22(16-18-30)29-27(32)23-12-6-7-13-24(23)28-21-10-3-2-4-11-21/h2-14,22,28H,15-19H2,1H3,(H,29,32). The van der Waals surface area contributed by atoms with E-state index in [0.29, 0.717) is 25.1 Å². The van der Waals surface area contributed by atoms with Crippen LogP contribution in [0.3, 0.4) is 0 Å². The van der Waals surface area contributed by atoms with E-state index in [1.807, 2.05) is 83.8 Å². The van der Waals surface area contributed by atoms with Gasteiger partial charge in [0.15, 0.2) is 0 Å². The van der Waals surface area contributed by atoms with E-state index in [-0.39, 0.29) is 17.9 Å². The van der Waals surface area contributed by atoms with Crippen LogP contribution in [0, 0.1) is 0 Å². The van der Waals surface area contributed by atoms with E-state index in [0.717, 1.165) is 35.5 Å². The second kappa shape index (κ2) is 10.7. The van der Waals surface area contributed by atoms with E-state index < -0.39 is 0 Å². The first kappa shape index (κ1) is 22.4. The summed E-state index contributed by atoms with van der Waals surface area (Å²) in [7, 11) is 1.62. The fourth-order valence-electron chi connectivity index (χ4n) is 4.13. The number of carbonyl (C=O) groups is 2. The number of rotatable bonds is 7. The van der Waals surface area contributed by atoms with Gasteiger partial charge in [-0.1, -0.05) is 48.5 Å². The summed E-state index contributed by atoms with van der Waals surface area (Å²) in [4.78, 5) is 27.7. The lowest BCUT2D eigenvalue weighted by molar-refractivity contribution is -0.131. The molecule has 4 rings (SSSR count). The molecule has 3 aromatic carbocycles.